The van der Waals surface area contributed by atoms with Gasteiger partial charge < -0.3 is 4.57 Å². The van der Waals surface area contributed by atoms with Gasteiger partial charge in [0.15, 0.2) is 5.16 Å². The highest BCUT2D eigenvalue weighted by molar-refractivity contribution is 7.98. The molecule has 0 radical (unpaired) electrons. The van der Waals surface area contributed by atoms with Gasteiger partial charge in [0, 0.05) is 11.4 Å². The molecule has 3 nitrogen and oxygen atoms in total. The molecule has 0 bridgehead atoms. The molecule has 0 unspecified atom stereocenters. The SMILES string of the molecule is CSc1nnc(C)n1CCc1cccs1. The standard InChI is InChI=1S/C10H13N3S2/c1-8-11-12-10(14-2)13(8)6-5-9-4-3-7-15-9/h3-4,7H,5-6H2,1-2H3. The normalized spacial score (nSPS) is 10.8. The van der Waals surface area contributed by atoms with Crippen LogP contribution in [-0.2, 0) is 13.0 Å². The maximum Gasteiger partial charge on any atom is 0.190 e. The number of aryl methyl sites for hydroxylation is 2. The van der Waals surface area contributed by atoms with E-state index in [9.17, 15) is 0 Å². The van der Waals surface area contributed by atoms with E-state index in [2.05, 4.69) is 32.3 Å². The first kappa shape index (κ1) is 10.7. The maximum atomic E-state index is 4.11. The minimum Gasteiger partial charge on any atom is -0.306 e. The molecule has 0 amide bonds. The topological polar surface area (TPSA) is 30.7 Å². The molecule has 0 saturated carbocycles. The predicted molar refractivity (Wildman–Crippen MR) is 64.6 cm³/mol. The summed E-state index contributed by atoms with van der Waals surface area (Å²) in [6, 6.07) is 4.26. The van der Waals surface area contributed by atoms with Gasteiger partial charge in [-0.25, -0.2) is 0 Å². The fraction of sp³-hybridized carbons (Fsp3) is 0.400. The van der Waals surface area contributed by atoms with E-state index in [4.69, 9.17) is 0 Å². The lowest BCUT2D eigenvalue weighted by molar-refractivity contribution is 0.622. The van der Waals surface area contributed by atoms with Crippen LogP contribution in [0.1, 0.15) is 10.7 Å². The minimum atomic E-state index is 0.968. The summed E-state index contributed by atoms with van der Waals surface area (Å²) < 4.78 is 2.17. The molecule has 0 spiro atoms. The average molecular weight is 239 g/mol. The molecular weight excluding hydrogens is 226 g/mol. The summed E-state index contributed by atoms with van der Waals surface area (Å²) in [7, 11) is 0. The Kier molecular flexibility index (Phi) is 3.43. The Morgan fingerprint density at radius 1 is 1.47 bits per heavy atom. The van der Waals surface area contributed by atoms with Crippen molar-refractivity contribution in [2.75, 3.05) is 6.26 Å². The largest absolute Gasteiger partial charge is 0.306 e. The Morgan fingerprint density at radius 2 is 2.33 bits per heavy atom. The third-order valence-electron chi connectivity index (χ3n) is 2.25. The van der Waals surface area contributed by atoms with Crippen LogP contribution in [-0.4, -0.2) is 21.0 Å². The predicted octanol–water partition coefficient (Wildman–Crippen LogP) is 2.61. The van der Waals surface area contributed by atoms with Gasteiger partial charge in [0.25, 0.3) is 0 Å². The molecule has 0 saturated heterocycles. The van der Waals surface area contributed by atoms with Crippen molar-refractivity contribution in [3.63, 3.8) is 0 Å². The number of nitrogens with zero attached hydrogens (tertiary/aromatic N) is 3. The molecule has 2 aromatic rings. The number of aromatic nitrogens is 3. The number of hydrogen-bond donors (Lipinski definition) is 0. The lowest BCUT2D eigenvalue weighted by Gasteiger charge is -2.05. The first-order valence-electron chi connectivity index (χ1n) is 4.77. The van der Waals surface area contributed by atoms with E-state index >= 15 is 0 Å². The zero-order valence-corrected chi connectivity index (χ0v) is 10.4. The van der Waals surface area contributed by atoms with E-state index in [0.717, 1.165) is 23.9 Å². The van der Waals surface area contributed by atoms with Gasteiger partial charge in [-0.3, -0.25) is 0 Å². The highest BCUT2D eigenvalue weighted by atomic mass is 32.2. The van der Waals surface area contributed by atoms with Gasteiger partial charge in [0.05, 0.1) is 0 Å². The Morgan fingerprint density at radius 3 is 3.00 bits per heavy atom. The summed E-state index contributed by atoms with van der Waals surface area (Å²) in [6.07, 6.45) is 3.09. The van der Waals surface area contributed by atoms with E-state index < -0.39 is 0 Å². The average Bonchev–Trinajstić information content (AvgIpc) is 2.84. The summed E-state index contributed by atoms with van der Waals surface area (Å²) in [5, 5.41) is 11.3. The van der Waals surface area contributed by atoms with Crippen molar-refractivity contribution in [1.29, 1.82) is 0 Å². The zero-order chi connectivity index (χ0) is 10.7. The lowest BCUT2D eigenvalue weighted by atomic mass is 10.3. The third-order valence-corrected chi connectivity index (χ3v) is 3.85. The van der Waals surface area contributed by atoms with Crippen molar-refractivity contribution in [3.05, 3.63) is 28.2 Å². The first-order valence-corrected chi connectivity index (χ1v) is 6.88. The van der Waals surface area contributed by atoms with Crippen LogP contribution in [0, 0.1) is 6.92 Å². The number of thioether (sulfide) groups is 1. The van der Waals surface area contributed by atoms with Crippen molar-refractivity contribution in [2.45, 2.75) is 25.0 Å². The second-order valence-corrected chi connectivity index (χ2v) is 5.02. The quantitative estimate of drug-likeness (QED) is 0.768. The number of thiophene rings is 1. The molecule has 0 fully saturated rings. The van der Waals surface area contributed by atoms with Gasteiger partial charge in [0.2, 0.25) is 0 Å². The van der Waals surface area contributed by atoms with E-state index in [1.165, 1.54) is 4.88 Å². The van der Waals surface area contributed by atoms with Crippen LogP contribution < -0.4 is 0 Å². The molecule has 80 valence electrons. The molecule has 0 aliphatic carbocycles. The molecule has 0 atom stereocenters. The van der Waals surface area contributed by atoms with Crippen LogP contribution in [0.25, 0.3) is 0 Å². The van der Waals surface area contributed by atoms with Crippen LogP contribution in [0.5, 0.6) is 0 Å². The molecule has 0 aliphatic rings. The van der Waals surface area contributed by atoms with Gasteiger partial charge in [-0.05, 0) is 31.0 Å². The van der Waals surface area contributed by atoms with Crippen LogP contribution in [0.2, 0.25) is 0 Å². The van der Waals surface area contributed by atoms with Crippen LogP contribution >= 0.6 is 23.1 Å². The highest BCUT2D eigenvalue weighted by Gasteiger charge is 2.07. The second kappa shape index (κ2) is 4.81. The molecular formula is C10H13N3S2. The molecule has 0 aromatic carbocycles. The molecule has 2 rings (SSSR count). The Hall–Kier alpha value is -0.810. The molecule has 2 heterocycles. The van der Waals surface area contributed by atoms with Gasteiger partial charge in [-0.2, -0.15) is 0 Å². The summed E-state index contributed by atoms with van der Waals surface area (Å²) in [6.45, 7) is 2.97. The van der Waals surface area contributed by atoms with Crippen LogP contribution in [0.3, 0.4) is 0 Å². The van der Waals surface area contributed by atoms with Crippen molar-refractivity contribution in [1.82, 2.24) is 14.8 Å². The van der Waals surface area contributed by atoms with E-state index in [0.29, 0.717) is 0 Å². The fourth-order valence-corrected chi connectivity index (χ4v) is 2.71. The van der Waals surface area contributed by atoms with Gasteiger partial charge in [0.1, 0.15) is 5.82 Å². The van der Waals surface area contributed by atoms with Crippen molar-refractivity contribution in [2.24, 2.45) is 0 Å². The Balaban J connectivity index is 2.07. The second-order valence-electron chi connectivity index (χ2n) is 3.21. The van der Waals surface area contributed by atoms with E-state index in [1.54, 1.807) is 23.1 Å². The summed E-state index contributed by atoms with van der Waals surface area (Å²) in [5.41, 5.74) is 0. The monoisotopic (exact) mass is 239 g/mol. The number of hydrogen-bond acceptors (Lipinski definition) is 4. The van der Waals surface area contributed by atoms with Crippen molar-refractivity contribution < 1.29 is 0 Å². The van der Waals surface area contributed by atoms with E-state index in [1.807, 2.05) is 13.2 Å². The van der Waals surface area contributed by atoms with Gasteiger partial charge >= 0.3 is 0 Å². The fourth-order valence-electron chi connectivity index (χ4n) is 1.45. The summed E-state index contributed by atoms with van der Waals surface area (Å²) >= 11 is 3.45. The highest BCUT2D eigenvalue weighted by Crippen LogP contribution is 2.16. The lowest BCUT2D eigenvalue weighted by Crippen LogP contribution is -2.04. The molecule has 0 aliphatic heterocycles. The number of rotatable bonds is 4. The molecule has 15 heavy (non-hydrogen) atoms. The van der Waals surface area contributed by atoms with Crippen molar-refractivity contribution >= 4 is 23.1 Å². The first-order chi connectivity index (χ1) is 7.31. The molecule has 2 aromatic heterocycles. The molecule has 0 N–H and O–H groups in total. The zero-order valence-electron chi connectivity index (χ0n) is 8.80. The van der Waals surface area contributed by atoms with Crippen LogP contribution in [0.4, 0.5) is 0 Å². The van der Waals surface area contributed by atoms with E-state index in [-0.39, 0.29) is 0 Å². The van der Waals surface area contributed by atoms with Crippen molar-refractivity contribution in [3.8, 4) is 0 Å². The smallest absolute Gasteiger partial charge is 0.190 e. The van der Waals surface area contributed by atoms with Crippen LogP contribution in [0.15, 0.2) is 22.7 Å². The maximum absolute atomic E-state index is 4.11. The molecule has 5 heteroatoms. The Bertz CT molecular complexity index is 420. The third kappa shape index (κ3) is 2.41. The summed E-state index contributed by atoms with van der Waals surface area (Å²) in [5.74, 6) is 0.996. The van der Waals surface area contributed by atoms with Gasteiger partial charge in [-0.1, -0.05) is 17.8 Å². The van der Waals surface area contributed by atoms with Gasteiger partial charge in [-0.15, -0.1) is 21.5 Å². The Labute approximate surface area is 97.5 Å². The summed E-state index contributed by atoms with van der Waals surface area (Å²) in [4.78, 5) is 1.41. The minimum absolute atomic E-state index is 0.968.